The van der Waals surface area contributed by atoms with Gasteiger partial charge in [-0.15, -0.1) is 0 Å². The monoisotopic (exact) mass is 199 g/mol. The topological polar surface area (TPSA) is 21.3 Å². The van der Waals surface area contributed by atoms with E-state index >= 15 is 0 Å². The minimum atomic E-state index is 0.347. The van der Waals surface area contributed by atoms with Crippen molar-refractivity contribution >= 4 is 0 Å². The summed E-state index contributed by atoms with van der Waals surface area (Å²) in [6, 6.07) is 0.556. The van der Waals surface area contributed by atoms with Crippen molar-refractivity contribution in [2.45, 2.75) is 58.1 Å². The van der Waals surface area contributed by atoms with Crippen molar-refractivity contribution in [1.82, 2.24) is 5.32 Å². The van der Waals surface area contributed by atoms with Gasteiger partial charge in [0, 0.05) is 13.2 Å². The second-order valence-electron chi connectivity index (χ2n) is 4.52. The van der Waals surface area contributed by atoms with Crippen LogP contribution < -0.4 is 5.32 Å². The van der Waals surface area contributed by atoms with Crippen LogP contribution in [0.5, 0.6) is 0 Å². The number of hydrogen-bond acceptors (Lipinski definition) is 2. The Morgan fingerprint density at radius 3 is 2.64 bits per heavy atom. The molecule has 0 radical (unpaired) electrons. The Morgan fingerprint density at radius 1 is 1.43 bits per heavy atom. The molecule has 1 aliphatic carbocycles. The molecule has 1 aliphatic rings. The van der Waals surface area contributed by atoms with Crippen molar-refractivity contribution < 1.29 is 4.74 Å². The molecule has 14 heavy (non-hydrogen) atoms. The minimum Gasteiger partial charge on any atom is -0.380 e. The SMILES string of the molecule is CCCNC(CCC1CC1)C(C)OC. The molecule has 0 saturated heterocycles. The van der Waals surface area contributed by atoms with Crippen LogP contribution in [0.2, 0.25) is 0 Å². The molecule has 1 N–H and O–H groups in total. The molecule has 0 aliphatic heterocycles. The molecule has 1 fully saturated rings. The van der Waals surface area contributed by atoms with Crippen molar-refractivity contribution in [2.75, 3.05) is 13.7 Å². The van der Waals surface area contributed by atoms with E-state index in [9.17, 15) is 0 Å². The lowest BCUT2D eigenvalue weighted by Gasteiger charge is -2.24. The molecule has 0 aromatic carbocycles. The van der Waals surface area contributed by atoms with E-state index in [2.05, 4.69) is 19.2 Å². The fourth-order valence-electron chi connectivity index (χ4n) is 1.82. The smallest absolute Gasteiger partial charge is 0.0696 e. The normalized spacial score (nSPS) is 20.8. The summed E-state index contributed by atoms with van der Waals surface area (Å²) in [5, 5.41) is 3.58. The van der Waals surface area contributed by atoms with Gasteiger partial charge in [-0.1, -0.05) is 19.8 Å². The van der Waals surface area contributed by atoms with Gasteiger partial charge in [-0.05, 0) is 38.6 Å². The Labute approximate surface area is 88.4 Å². The lowest BCUT2D eigenvalue weighted by molar-refractivity contribution is 0.0788. The third-order valence-electron chi connectivity index (χ3n) is 3.18. The Morgan fingerprint density at radius 2 is 2.14 bits per heavy atom. The van der Waals surface area contributed by atoms with E-state index in [0.717, 1.165) is 12.5 Å². The molecule has 0 amide bonds. The minimum absolute atomic E-state index is 0.347. The highest BCUT2D eigenvalue weighted by atomic mass is 16.5. The molecule has 1 saturated carbocycles. The first-order valence-electron chi connectivity index (χ1n) is 6.04. The number of hydrogen-bond donors (Lipinski definition) is 1. The van der Waals surface area contributed by atoms with Gasteiger partial charge in [0.1, 0.15) is 0 Å². The Kier molecular flexibility index (Phi) is 5.49. The van der Waals surface area contributed by atoms with Crippen molar-refractivity contribution in [3.05, 3.63) is 0 Å². The van der Waals surface area contributed by atoms with E-state index in [1.165, 1.54) is 32.1 Å². The molecule has 0 heterocycles. The van der Waals surface area contributed by atoms with Crippen molar-refractivity contribution in [1.29, 1.82) is 0 Å². The van der Waals surface area contributed by atoms with Gasteiger partial charge in [0.2, 0.25) is 0 Å². The van der Waals surface area contributed by atoms with Crippen LogP contribution in [0.15, 0.2) is 0 Å². The van der Waals surface area contributed by atoms with Crippen LogP contribution in [0.3, 0.4) is 0 Å². The average molecular weight is 199 g/mol. The molecule has 0 aromatic heterocycles. The standard InChI is InChI=1S/C12H25NO/c1-4-9-13-12(10(2)14-3)8-7-11-5-6-11/h10-13H,4-9H2,1-3H3. The number of rotatable bonds is 8. The van der Waals surface area contributed by atoms with Gasteiger partial charge < -0.3 is 10.1 Å². The van der Waals surface area contributed by atoms with E-state index in [0.29, 0.717) is 12.1 Å². The number of ether oxygens (including phenoxy) is 1. The molecule has 2 unspecified atom stereocenters. The summed E-state index contributed by atoms with van der Waals surface area (Å²) in [6.07, 6.45) is 7.13. The highest BCUT2D eigenvalue weighted by molar-refractivity contribution is 4.79. The summed E-state index contributed by atoms with van der Waals surface area (Å²) in [6.45, 7) is 5.49. The Hall–Kier alpha value is -0.0800. The first-order valence-corrected chi connectivity index (χ1v) is 6.04. The highest BCUT2D eigenvalue weighted by Crippen LogP contribution is 2.34. The van der Waals surface area contributed by atoms with Gasteiger partial charge in [-0.3, -0.25) is 0 Å². The zero-order valence-corrected chi connectivity index (χ0v) is 9.88. The van der Waals surface area contributed by atoms with E-state index in [4.69, 9.17) is 4.74 Å². The highest BCUT2D eigenvalue weighted by Gasteiger charge is 2.24. The number of nitrogens with one attached hydrogen (secondary N) is 1. The molecule has 1 rings (SSSR count). The predicted octanol–water partition coefficient (Wildman–Crippen LogP) is 2.58. The zero-order chi connectivity index (χ0) is 10.4. The van der Waals surface area contributed by atoms with Gasteiger partial charge in [-0.2, -0.15) is 0 Å². The van der Waals surface area contributed by atoms with E-state index in [1.54, 1.807) is 0 Å². The summed E-state index contributed by atoms with van der Waals surface area (Å²) in [4.78, 5) is 0. The zero-order valence-electron chi connectivity index (χ0n) is 9.88. The lowest BCUT2D eigenvalue weighted by Crippen LogP contribution is -2.39. The second kappa shape index (κ2) is 6.41. The molecule has 2 nitrogen and oxygen atoms in total. The van der Waals surface area contributed by atoms with Gasteiger partial charge in [0.25, 0.3) is 0 Å². The maximum absolute atomic E-state index is 5.40. The van der Waals surface area contributed by atoms with E-state index in [1.807, 2.05) is 7.11 Å². The van der Waals surface area contributed by atoms with Crippen molar-refractivity contribution in [3.63, 3.8) is 0 Å². The van der Waals surface area contributed by atoms with Crippen LogP contribution in [0, 0.1) is 5.92 Å². The van der Waals surface area contributed by atoms with Gasteiger partial charge in [0.15, 0.2) is 0 Å². The van der Waals surface area contributed by atoms with Crippen LogP contribution in [0.4, 0.5) is 0 Å². The van der Waals surface area contributed by atoms with E-state index < -0.39 is 0 Å². The molecule has 0 aromatic rings. The van der Waals surface area contributed by atoms with Crippen LogP contribution >= 0.6 is 0 Å². The summed E-state index contributed by atoms with van der Waals surface area (Å²) < 4.78 is 5.40. The van der Waals surface area contributed by atoms with Crippen molar-refractivity contribution in [3.8, 4) is 0 Å². The molecular formula is C12H25NO. The quantitative estimate of drug-likeness (QED) is 0.649. The molecule has 2 atom stereocenters. The average Bonchev–Trinajstić information content (AvgIpc) is 3.01. The molecule has 0 spiro atoms. The van der Waals surface area contributed by atoms with Crippen molar-refractivity contribution in [2.24, 2.45) is 5.92 Å². The third-order valence-corrected chi connectivity index (χ3v) is 3.18. The first-order chi connectivity index (χ1) is 6.77. The van der Waals surface area contributed by atoms with Gasteiger partial charge in [-0.25, -0.2) is 0 Å². The predicted molar refractivity (Wildman–Crippen MR) is 60.5 cm³/mol. The van der Waals surface area contributed by atoms with Crippen LogP contribution in [0.1, 0.15) is 46.0 Å². The Bertz CT molecular complexity index is 145. The summed E-state index contributed by atoms with van der Waals surface area (Å²) in [5.74, 6) is 1.03. The molecule has 84 valence electrons. The Balaban J connectivity index is 2.18. The molecular weight excluding hydrogens is 174 g/mol. The van der Waals surface area contributed by atoms with Crippen LogP contribution in [0.25, 0.3) is 0 Å². The summed E-state index contributed by atoms with van der Waals surface area (Å²) >= 11 is 0. The maximum Gasteiger partial charge on any atom is 0.0696 e. The third kappa shape index (κ3) is 4.43. The molecule has 2 heteroatoms. The number of methoxy groups -OCH3 is 1. The van der Waals surface area contributed by atoms with E-state index in [-0.39, 0.29) is 0 Å². The van der Waals surface area contributed by atoms with Crippen LogP contribution in [-0.2, 0) is 4.74 Å². The fraction of sp³-hybridized carbons (Fsp3) is 1.00. The summed E-state index contributed by atoms with van der Waals surface area (Å²) in [5.41, 5.74) is 0. The first kappa shape index (κ1) is 12.0. The second-order valence-corrected chi connectivity index (χ2v) is 4.52. The largest absolute Gasteiger partial charge is 0.380 e. The lowest BCUT2D eigenvalue weighted by atomic mass is 10.0. The fourth-order valence-corrected chi connectivity index (χ4v) is 1.82. The molecule has 0 bridgehead atoms. The maximum atomic E-state index is 5.40. The van der Waals surface area contributed by atoms with Crippen LogP contribution in [-0.4, -0.2) is 25.8 Å². The van der Waals surface area contributed by atoms with Gasteiger partial charge >= 0.3 is 0 Å². The van der Waals surface area contributed by atoms with Gasteiger partial charge in [0.05, 0.1) is 6.10 Å². The summed E-state index contributed by atoms with van der Waals surface area (Å²) in [7, 11) is 1.81.